The molecule has 3 nitrogen and oxygen atoms in total. The van der Waals surface area contributed by atoms with Crippen molar-refractivity contribution in [2.24, 2.45) is 17.8 Å². The molecule has 3 heteroatoms. The average Bonchev–Trinajstić information content (AvgIpc) is 2.21. The van der Waals surface area contributed by atoms with E-state index in [1.165, 1.54) is 7.11 Å². The highest BCUT2D eigenvalue weighted by Gasteiger charge is 2.46. The fraction of sp³-hybridized carbons (Fsp3) is 0.917. The molecule has 0 aromatic carbocycles. The summed E-state index contributed by atoms with van der Waals surface area (Å²) >= 11 is 0. The summed E-state index contributed by atoms with van der Waals surface area (Å²) in [6.07, 6.45) is 2.82. The van der Waals surface area contributed by atoms with Crippen LogP contribution < -0.4 is 0 Å². The van der Waals surface area contributed by atoms with Crippen molar-refractivity contribution < 1.29 is 14.6 Å². The molecule has 0 aromatic rings. The Morgan fingerprint density at radius 2 is 2.07 bits per heavy atom. The zero-order chi connectivity index (χ0) is 11.6. The second-order valence-electron chi connectivity index (χ2n) is 5.02. The van der Waals surface area contributed by atoms with Crippen LogP contribution >= 0.6 is 0 Å². The van der Waals surface area contributed by atoms with Gasteiger partial charge in [-0.3, -0.25) is 4.79 Å². The van der Waals surface area contributed by atoms with E-state index < -0.39 is 11.5 Å². The monoisotopic (exact) mass is 214 g/mol. The van der Waals surface area contributed by atoms with E-state index in [-0.39, 0.29) is 11.9 Å². The van der Waals surface area contributed by atoms with Crippen molar-refractivity contribution in [3.63, 3.8) is 0 Å². The molecule has 4 unspecified atom stereocenters. The molecule has 1 aliphatic rings. The number of hydrogen-bond donors (Lipinski definition) is 1. The lowest BCUT2D eigenvalue weighted by Crippen LogP contribution is -2.50. The molecule has 0 bridgehead atoms. The van der Waals surface area contributed by atoms with Crippen LogP contribution in [0.25, 0.3) is 0 Å². The van der Waals surface area contributed by atoms with E-state index in [1.807, 2.05) is 6.92 Å². The summed E-state index contributed by atoms with van der Waals surface area (Å²) in [5, 5.41) is 10.6. The zero-order valence-corrected chi connectivity index (χ0v) is 10.1. The molecular formula is C12H22O3. The standard InChI is InChI=1S/C12H22O3/c1-8-5-6-9(2)12(14,7-8)10(3)11(13)15-4/h8-10,14H,5-7H2,1-4H3. The van der Waals surface area contributed by atoms with E-state index >= 15 is 0 Å². The first kappa shape index (κ1) is 12.5. The molecule has 0 saturated heterocycles. The highest BCUT2D eigenvalue weighted by molar-refractivity contribution is 5.73. The largest absolute Gasteiger partial charge is 0.469 e. The van der Waals surface area contributed by atoms with Crippen LogP contribution in [0.4, 0.5) is 0 Å². The zero-order valence-electron chi connectivity index (χ0n) is 10.1. The van der Waals surface area contributed by atoms with Gasteiger partial charge in [-0.25, -0.2) is 0 Å². The maximum absolute atomic E-state index is 11.5. The van der Waals surface area contributed by atoms with Gasteiger partial charge in [0.1, 0.15) is 0 Å². The third-order valence-electron chi connectivity index (χ3n) is 3.93. The van der Waals surface area contributed by atoms with E-state index in [0.29, 0.717) is 12.3 Å². The van der Waals surface area contributed by atoms with E-state index in [9.17, 15) is 9.90 Å². The van der Waals surface area contributed by atoms with Crippen LogP contribution in [0.15, 0.2) is 0 Å². The van der Waals surface area contributed by atoms with Gasteiger partial charge in [-0.05, 0) is 31.6 Å². The SMILES string of the molecule is COC(=O)C(C)C1(O)CC(C)CCC1C. The smallest absolute Gasteiger partial charge is 0.311 e. The summed E-state index contributed by atoms with van der Waals surface area (Å²) in [5.74, 6) is -0.0835. The van der Waals surface area contributed by atoms with E-state index in [2.05, 4.69) is 6.92 Å². The Kier molecular flexibility index (Phi) is 3.77. The van der Waals surface area contributed by atoms with Crippen LogP contribution in [0.5, 0.6) is 0 Å². The number of methoxy groups -OCH3 is 1. The minimum absolute atomic E-state index is 0.169. The number of ether oxygens (including phenoxy) is 1. The molecule has 0 aromatic heterocycles. The van der Waals surface area contributed by atoms with Gasteiger partial charge in [0.2, 0.25) is 0 Å². The van der Waals surface area contributed by atoms with Gasteiger partial charge in [0.05, 0.1) is 18.6 Å². The molecule has 0 amide bonds. The van der Waals surface area contributed by atoms with Crippen molar-refractivity contribution in [3.8, 4) is 0 Å². The topological polar surface area (TPSA) is 46.5 Å². The second kappa shape index (κ2) is 4.52. The Bertz CT molecular complexity index is 239. The molecule has 1 rings (SSSR count). The summed E-state index contributed by atoms with van der Waals surface area (Å²) < 4.78 is 4.72. The molecule has 0 heterocycles. The van der Waals surface area contributed by atoms with Crippen LogP contribution in [0.3, 0.4) is 0 Å². The van der Waals surface area contributed by atoms with Crippen molar-refractivity contribution >= 4 is 5.97 Å². The molecule has 0 spiro atoms. The van der Waals surface area contributed by atoms with Gasteiger partial charge in [0, 0.05) is 0 Å². The van der Waals surface area contributed by atoms with Crippen molar-refractivity contribution in [2.75, 3.05) is 7.11 Å². The molecule has 1 aliphatic carbocycles. The Morgan fingerprint density at radius 3 is 2.60 bits per heavy atom. The van der Waals surface area contributed by atoms with Crippen LogP contribution in [-0.4, -0.2) is 23.8 Å². The molecule has 0 aliphatic heterocycles. The van der Waals surface area contributed by atoms with Crippen molar-refractivity contribution in [2.45, 2.75) is 45.6 Å². The van der Waals surface area contributed by atoms with E-state index in [4.69, 9.17) is 4.74 Å². The van der Waals surface area contributed by atoms with Crippen LogP contribution in [0.2, 0.25) is 0 Å². The summed E-state index contributed by atoms with van der Waals surface area (Å²) in [6, 6.07) is 0. The highest BCUT2D eigenvalue weighted by Crippen LogP contribution is 2.41. The van der Waals surface area contributed by atoms with Gasteiger partial charge in [-0.15, -0.1) is 0 Å². The van der Waals surface area contributed by atoms with Crippen LogP contribution in [0, 0.1) is 17.8 Å². The molecule has 1 saturated carbocycles. The predicted molar refractivity (Wildman–Crippen MR) is 58.3 cm³/mol. The number of rotatable bonds is 2. The molecule has 4 atom stereocenters. The Hall–Kier alpha value is -0.570. The highest BCUT2D eigenvalue weighted by atomic mass is 16.5. The lowest BCUT2D eigenvalue weighted by molar-refractivity contribution is -0.164. The lowest BCUT2D eigenvalue weighted by atomic mass is 9.66. The van der Waals surface area contributed by atoms with Gasteiger partial charge in [0.15, 0.2) is 0 Å². The number of esters is 1. The number of carbonyl (C=O) groups excluding carboxylic acids is 1. The first-order valence-corrected chi connectivity index (χ1v) is 5.72. The quantitative estimate of drug-likeness (QED) is 0.715. The molecule has 15 heavy (non-hydrogen) atoms. The van der Waals surface area contributed by atoms with E-state index in [0.717, 1.165) is 12.8 Å². The molecule has 88 valence electrons. The Balaban J connectivity index is 2.82. The average molecular weight is 214 g/mol. The van der Waals surface area contributed by atoms with Crippen molar-refractivity contribution in [3.05, 3.63) is 0 Å². The van der Waals surface area contributed by atoms with Gasteiger partial charge in [0.25, 0.3) is 0 Å². The fourth-order valence-corrected chi connectivity index (χ4v) is 2.63. The van der Waals surface area contributed by atoms with E-state index in [1.54, 1.807) is 6.92 Å². The Labute approximate surface area is 91.8 Å². The molecule has 1 fully saturated rings. The van der Waals surface area contributed by atoms with Crippen molar-refractivity contribution in [1.29, 1.82) is 0 Å². The molecule has 1 N–H and O–H groups in total. The van der Waals surface area contributed by atoms with Crippen LogP contribution in [0.1, 0.15) is 40.0 Å². The number of aliphatic hydroxyl groups is 1. The first-order chi connectivity index (χ1) is 6.91. The third kappa shape index (κ3) is 2.33. The minimum Gasteiger partial charge on any atom is -0.469 e. The summed E-state index contributed by atoms with van der Waals surface area (Å²) in [5.41, 5.74) is -0.884. The lowest BCUT2D eigenvalue weighted by Gasteiger charge is -2.43. The third-order valence-corrected chi connectivity index (χ3v) is 3.93. The van der Waals surface area contributed by atoms with Crippen LogP contribution in [-0.2, 0) is 9.53 Å². The van der Waals surface area contributed by atoms with Gasteiger partial charge in [-0.2, -0.15) is 0 Å². The minimum atomic E-state index is -0.884. The first-order valence-electron chi connectivity index (χ1n) is 5.72. The summed E-state index contributed by atoms with van der Waals surface area (Å²) in [4.78, 5) is 11.5. The van der Waals surface area contributed by atoms with Crippen molar-refractivity contribution in [1.82, 2.24) is 0 Å². The Morgan fingerprint density at radius 1 is 1.47 bits per heavy atom. The summed E-state index contributed by atoms with van der Waals surface area (Å²) in [7, 11) is 1.37. The number of hydrogen-bond acceptors (Lipinski definition) is 3. The molecular weight excluding hydrogens is 192 g/mol. The number of carbonyl (C=O) groups is 1. The second-order valence-corrected chi connectivity index (χ2v) is 5.02. The summed E-state index contributed by atoms with van der Waals surface area (Å²) in [6.45, 7) is 5.91. The normalized spacial score (nSPS) is 38.5. The van der Waals surface area contributed by atoms with Gasteiger partial charge >= 0.3 is 5.97 Å². The van der Waals surface area contributed by atoms with Gasteiger partial charge < -0.3 is 9.84 Å². The maximum Gasteiger partial charge on any atom is 0.311 e. The predicted octanol–water partition coefficient (Wildman–Crippen LogP) is 1.98. The fourth-order valence-electron chi connectivity index (χ4n) is 2.63. The maximum atomic E-state index is 11.5. The van der Waals surface area contributed by atoms with Gasteiger partial charge in [-0.1, -0.05) is 20.3 Å². The molecule has 0 radical (unpaired) electrons.